The molecule has 0 aliphatic carbocycles. The maximum absolute atomic E-state index is 10.9. The molecule has 2 heterocycles. The third-order valence-corrected chi connectivity index (χ3v) is 3.57. The number of carboxylic acid groups (broad SMARTS) is 1. The smallest absolute Gasteiger partial charge is 0.337 e. The molecule has 0 fully saturated rings. The van der Waals surface area contributed by atoms with E-state index in [0.29, 0.717) is 5.13 Å². The summed E-state index contributed by atoms with van der Waals surface area (Å²) in [6, 6.07) is 7.28. The summed E-state index contributed by atoms with van der Waals surface area (Å²) in [4.78, 5) is 19.1. The normalized spacial score (nSPS) is 10.7. The minimum absolute atomic E-state index is 0.168. The molecule has 0 bridgehead atoms. The molecule has 6 heteroatoms. The number of nitrogen functional groups attached to an aromatic ring is 1. The topological polar surface area (TPSA) is 89.1 Å². The number of nitrogens with zero attached hydrogens (tertiary/aromatic N) is 2. The lowest BCUT2D eigenvalue weighted by Gasteiger charge is -2.02. The Bertz CT molecular complexity index is 782. The van der Waals surface area contributed by atoms with Gasteiger partial charge in [0.1, 0.15) is 0 Å². The fourth-order valence-corrected chi connectivity index (χ4v) is 2.61. The summed E-state index contributed by atoms with van der Waals surface area (Å²) >= 11 is 1.40. The van der Waals surface area contributed by atoms with Gasteiger partial charge in [-0.25, -0.2) is 9.78 Å². The molecule has 3 aromatic rings. The maximum Gasteiger partial charge on any atom is 0.337 e. The zero-order valence-corrected chi connectivity index (χ0v) is 10.5. The van der Waals surface area contributed by atoms with E-state index in [1.54, 1.807) is 12.3 Å². The van der Waals surface area contributed by atoms with Gasteiger partial charge in [0, 0.05) is 18.0 Å². The average Bonchev–Trinajstić information content (AvgIpc) is 2.77. The Hall–Kier alpha value is -2.47. The van der Waals surface area contributed by atoms with Crippen LogP contribution >= 0.6 is 11.3 Å². The third-order valence-electron chi connectivity index (χ3n) is 2.72. The highest BCUT2D eigenvalue weighted by molar-refractivity contribution is 7.22. The maximum atomic E-state index is 10.9. The van der Waals surface area contributed by atoms with E-state index in [9.17, 15) is 4.79 Å². The molecule has 0 spiro atoms. The van der Waals surface area contributed by atoms with Crippen LogP contribution < -0.4 is 5.73 Å². The molecule has 3 rings (SSSR count). The third kappa shape index (κ3) is 2.13. The molecule has 3 N–H and O–H groups in total. The van der Waals surface area contributed by atoms with Crippen LogP contribution in [-0.2, 0) is 0 Å². The molecular weight excluding hydrogens is 262 g/mol. The molecule has 94 valence electrons. The van der Waals surface area contributed by atoms with Crippen molar-refractivity contribution in [3.8, 4) is 11.1 Å². The fourth-order valence-electron chi connectivity index (χ4n) is 1.84. The van der Waals surface area contributed by atoms with Gasteiger partial charge in [-0.3, -0.25) is 4.98 Å². The van der Waals surface area contributed by atoms with Gasteiger partial charge in [-0.2, -0.15) is 0 Å². The van der Waals surface area contributed by atoms with E-state index < -0.39 is 5.97 Å². The van der Waals surface area contributed by atoms with Crippen LogP contribution in [0.4, 0.5) is 5.13 Å². The number of aromatic nitrogens is 2. The van der Waals surface area contributed by atoms with Crippen LogP contribution in [0.2, 0.25) is 0 Å². The highest BCUT2D eigenvalue weighted by Gasteiger charge is 2.07. The first kappa shape index (κ1) is 11.6. The van der Waals surface area contributed by atoms with Crippen LogP contribution in [0.3, 0.4) is 0 Å². The summed E-state index contributed by atoms with van der Waals surface area (Å²) in [7, 11) is 0. The van der Waals surface area contributed by atoms with Crippen LogP contribution in [0, 0.1) is 0 Å². The van der Waals surface area contributed by atoms with Crippen molar-refractivity contribution in [2.45, 2.75) is 0 Å². The number of pyridine rings is 1. The number of carbonyl (C=O) groups is 1. The Morgan fingerprint density at radius 1 is 1.21 bits per heavy atom. The Balaban J connectivity index is 2.12. The molecule has 0 amide bonds. The molecule has 0 aliphatic heterocycles. The first-order valence-corrected chi connectivity index (χ1v) is 6.30. The predicted molar refractivity (Wildman–Crippen MR) is 74.2 cm³/mol. The van der Waals surface area contributed by atoms with Gasteiger partial charge in [-0.15, -0.1) is 0 Å². The van der Waals surface area contributed by atoms with Crippen molar-refractivity contribution in [1.82, 2.24) is 9.97 Å². The minimum Gasteiger partial charge on any atom is -0.478 e. The Kier molecular flexibility index (Phi) is 2.64. The number of hydrogen-bond acceptors (Lipinski definition) is 5. The van der Waals surface area contributed by atoms with Gasteiger partial charge in [0.05, 0.1) is 15.8 Å². The first-order valence-electron chi connectivity index (χ1n) is 5.48. The number of anilines is 1. The second kappa shape index (κ2) is 4.33. The van der Waals surface area contributed by atoms with Crippen LogP contribution in [0.15, 0.2) is 36.7 Å². The first-order chi connectivity index (χ1) is 9.13. The number of fused-ring (bicyclic) bond motifs is 1. The van der Waals surface area contributed by atoms with Crippen molar-refractivity contribution in [2.24, 2.45) is 0 Å². The van der Waals surface area contributed by atoms with Crippen LogP contribution in [0.5, 0.6) is 0 Å². The predicted octanol–water partition coefficient (Wildman–Crippen LogP) is 2.64. The van der Waals surface area contributed by atoms with E-state index in [0.717, 1.165) is 21.3 Å². The van der Waals surface area contributed by atoms with Crippen LogP contribution in [-0.4, -0.2) is 21.0 Å². The molecule has 0 unspecified atom stereocenters. The molecule has 19 heavy (non-hydrogen) atoms. The van der Waals surface area contributed by atoms with Crippen molar-refractivity contribution in [1.29, 1.82) is 0 Å². The summed E-state index contributed by atoms with van der Waals surface area (Å²) in [5.41, 5.74) is 8.32. The van der Waals surface area contributed by atoms with Crippen molar-refractivity contribution >= 4 is 32.7 Å². The largest absolute Gasteiger partial charge is 0.478 e. The minimum atomic E-state index is -0.988. The lowest BCUT2D eigenvalue weighted by atomic mass is 10.1. The summed E-state index contributed by atoms with van der Waals surface area (Å²) in [6.07, 6.45) is 2.97. The summed E-state index contributed by atoms with van der Waals surface area (Å²) in [6.45, 7) is 0. The summed E-state index contributed by atoms with van der Waals surface area (Å²) in [5, 5.41) is 9.48. The Morgan fingerprint density at radius 3 is 2.84 bits per heavy atom. The van der Waals surface area contributed by atoms with Gasteiger partial charge in [-0.1, -0.05) is 17.4 Å². The van der Waals surface area contributed by atoms with Gasteiger partial charge in [0.2, 0.25) is 0 Å². The molecule has 0 aliphatic rings. The van der Waals surface area contributed by atoms with Crippen molar-refractivity contribution in [2.75, 3.05) is 5.73 Å². The molecule has 1 aromatic carbocycles. The summed E-state index contributed by atoms with van der Waals surface area (Å²) < 4.78 is 0.968. The molecular formula is C13H9N3O2S. The van der Waals surface area contributed by atoms with Gasteiger partial charge in [0.15, 0.2) is 5.13 Å². The average molecular weight is 271 g/mol. The number of carboxylic acids is 1. The molecule has 0 saturated heterocycles. The van der Waals surface area contributed by atoms with E-state index in [1.807, 2.05) is 18.2 Å². The molecule has 5 nitrogen and oxygen atoms in total. The van der Waals surface area contributed by atoms with Crippen molar-refractivity contribution in [3.63, 3.8) is 0 Å². The molecule has 0 saturated carbocycles. The monoisotopic (exact) mass is 271 g/mol. The van der Waals surface area contributed by atoms with Gasteiger partial charge in [0.25, 0.3) is 0 Å². The number of rotatable bonds is 2. The fraction of sp³-hybridized carbons (Fsp3) is 0. The standard InChI is InChI=1S/C13H9N3O2S/c14-13-16-10-2-1-7(4-11(10)19-13)8-3-9(12(17)18)6-15-5-8/h1-6H,(H2,14,16)(H,17,18). The highest BCUT2D eigenvalue weighted by atomic mass is 32.1. The molecule has 0 radical (unpaired) electrons. The van der Waals surface area contributed by atoms with E-state index >= 15 is 0 Å². The zero-order valence-electron chi connectivity index (χ0n) is 9.70. The lowest BCUT2D eigenvalue weighted by molar-refractivity contribution is 0.0696. The number of benzene rings is 1. The van der Waals surface area contributed by atoms with E-state index in [1.165, 1.54) is 17.5 Å². The van der Waals surface area contributed by atoms with Gasteiger partial charge in [-0.05, 0) is 23.8 Å². The number of thiazole rings is 1. The quantitative estimate of drug-likeness (QED) is 0.748. The van der Waals surface area contributed by atoms with Crippen LogP contribution in [0.1, 0.15) is 10.4 Å². The second-order valence-corrected chi connectivity index (χ2v) is 5.06. The Morgan fingerprint density at radius 2 is 2.05 bits per heavy atom. The number of hydrogen-bond donors (Lipinski definition) is 2. The number of nitrogens with two attached hydrogens (primary N) is 1. The molecule has 2 aromatic heterocycles. The zero-order chi connectivity index (χ0) is 13.4. The Labute approximate surface area is 112 Å². The van der Waals surface area contributed by atoms with Gasteiger partial charge >= 0.3 is 5.97 Å². The van der Waals surface area contributed by atoms with Gasteiger partial charge < -0.3 is 10.8 Å². The summed E-state index contributed by atoms with van der Waals surface area (Å²) in [5.74, 6) is -0.988. The second-order valence-electron chi connectivity index (χ2n) is 4.00. The van der Waals surface area contributed by atoms with Crippen molar-refractivity contribution in [3.05, 3.63) is 42.2 Å². The van der Waals surface area contributed by atoms with E-state index in [4.69, 9.17) is 10.8 Å². The van der Waals surface area contributed by atoms with Crippen molar-refractivity contribution < 1.29 is 9.90 Å². The van der Waals surface area contributed by atoms with E-state index in [-0.39, 0.29) is 5.56 Å². The van der Waals surface area contributed by atoms with Crippen LogP contribution in [0.25, 0.3) is 21.3 Å². The van der Waals surface area contributed by atoms with E-state index in [2.05, 4.69) is 9.97 Å². The molecule has 0 atom stereocenters. The lowest BCUT2D eigenvalue weighted by Crippen LogP contribution is -1.97. The highest BCUT2D eigenvalue weighted by Crippen LogP contribution is 2.29. The number of aromatic carboxylic acids is 1. The SMILES string of the molecule is Nc1nc2ccc(-c3cncc(C(=O)O)c3)cc2s1.